The monoisotopic (exact) mass is 401 g/mol. The average molecular weight is 402 g/mol. The minimum Gasteiger partial charge on any atom is -0.477 e. The van der Waals surface area contributed by atoms with E-state index in [1.54, 1.807) is 25.3 Å². The van der Waals surface area contributed by atoms with Gasteiger partial charge in [0.05, 0.1) is 10.6 Å². The zero-order valence-electron chi connectivity index (χ0n) is 14.2. The van der Waals surface area contributed by atoms with Crippen LogP contribution in [0.4, 0.5) is 5.69 Å². The molecule has 0 unspecified atom stereocenters. The van der Waals surface area contributed by atoms with Crippen LogP contribution in [0.2, 0.25) is 5.02 Å². The minimum absolute atomic E-state index is 0.00184. The SMILES string of the molecule is CCCCc1csc(C(=O)O)c1NS(=O)(=O)c1cc(C)c(Cl)cc1C. The third-order valence-corrected chi connectivity index (χ3v) is 6.76. The molecule has 2 N–H and O–H groups in total. The quantitative estimate of drug-likeness (QED) is 0.693. The van der Waals surface area contributed by atoms with Gasteiger partial charge in [-0.25, -0.2) is 13.2 Å². The molecule has 5 nitrogen and oxygen atoms in total. The average Bonchev–Trinajstić information content (AvgIpc) is 2.90. The summed E-state index contributed by atoms with van der Waals surface area (Å²) in [6, 6.07) is 3.09. The van der Waals surface area contributed by atoms with Crippen LogP contribution in [0, 0.1) is 13.8 Å². The van der Waals surface area contributed by atoms with Crippen molar-refractivity contribution in [3.05, 3.63) is 44.1 Å². The Kier molecular flexibility index (Phi) is 6.13. The Bertz CT molecular complexity index is 904. The summed E-state index contributed by atoms with van der Waals surface area (Å²) >= 11 is 7.07. The summed E-state index contributed by atoms with van der Waals surface area (Å²) in [5.74, 6) is -1.14. The fourth-order valence-electron chi connectivity index (χ4n) is 2.45. The third-order valence-electron chi connectivity index (χ3n) is 3.84. The number of unbranched alkanes of at least 4 members (excludes halogenated alkanes) is 1. The van der Waals surface area contributed by atoms with E-state index in [9.17, 15) is 18.3 Å². The number of rotatable bonds is 7. The summed E-state index contributed by atoms with van der Waals surface area (Å²) in [6.45, 7) is 5.40. The molecule has 2 aromatic rings. The second kappa shape index (κ2) is 7.76. The lowest BCUT2D eigenvalue weighted by atomic mass is 10.1. The Morgan fingerprint density at radius 2 is 1.96 bits per heavy atom. The van der Waals surface area contributed by atoms with Crippen molar-refractivity contribution >= 4 is 44.6 Å². The fraction of sp³-hybridized carbons (Fsp3) is 0.353. The number of hydrogen-bond donors (Lipinski definition) is 2. The van der Waals surface area contributed by atoms with E-state index in [4.69, 9.17) is 11.6 Å². The highest BCUT2D eigenvalue weighted by molar-refractivity contribution is 7.92. The van der Waals surface area contributed by atoms with Crippen LogP contribution in [0.5, 0.6) is 0 Å². The van der Waals surface area contributed by atoms with Crippen molar-refractivity contribution in [2.45, 2.75) is 44.9 Å². The van der Waals surface area contributed by atoms with Crippen molar-refractivity contribution in [1.82, 2.24) is 0 Å². The van der Waals surface area contributed by atoms with Crippen molar-refractivity contribution in [3.8, 4) is 0 Å². The second-order valence-electron chi connectivity index (χ2n) is 5.85. The highest BCUT2D eigenvalue weighted by Gasteiger charge is 2.24. The highest BCUT2D eigenvalue weighted by atomic mass is 35.5. The maximum atomic E-state index is 12.8. The highest BCUT2D eigenvalue weighted by Crippen LogP contribution is 2.33. The number of aryl methyl sites for hydroxylation is 3. The number of aromatic carboxylic acids is 1. The van der Waals surface area contributed by atoms with Crippen molar-refractivity contribution in [2.75, 3.05) is 4.72 Å². The molecule has 0 bridgehead atoms. The summed E-state index contributed by atoms with van der Waals surface area (Å²) in [5, 5.41) is 11.6. The molecule has 0 spiro atoms. The molecule has 0 aliphatic heterocycles. The maximum Gasteiger partial charge on any atom is 0.348 e. The van der Waals surface area contributed by atoms with Crippen LogP contribution in [0.15, 0.2) is 22.4 Å². The van der Waals surface area contributed by atoms with E-state index < -0.39 is 16.0 Å². The van der Waals surface area contributed by atoms with Crippen molar-refractivity contribution in [1.29, 1.82) is 0 Å². The van der Waals surface area contributed by atoms with Gasteiger partial charge in [0.15, 0.2) is 0 Å². The summed E-state index contributed by atoms with van der Waals surface area (Å²) in [7, 11) is -3.92. The van der Waals surface area contributed by atoms with Crippen molar-refractivity contribution in [3.63, 3.8) is 0 Å². The molecule has 0 atom stereocenters. The zero-order valence-corrected chi connectivity index (χ0v) is 16.6. The molecule has 2 rings (SSSR count). The van der Waals surface area contributed by atoms with E-state index in [0.29, 0.717) is 28.1 Å². The first kappa shape index (κ1) is 19.8. The van der Waals surface area contributed by atoms with Crippen LogP contribution < -0.4 is 4.72 Å². The number of halogens is 1. The molecule has 25 heavy (non-hydrogen) atoms. The molecule has 0 saturated heterocycles. The van der Waals surface area contributed by atoms with Crippen LogP contribution in [0.25, 0.3) is 0 Å². The number of hydrogen-bond acceptors (Lipinski definition) is 4. The molecule has 1 heterocycles. The first-order chi connectivity index (χ1) is 11.7. The number of carboxylic acid groups (broad SMARTS) is 1. The Morgan fingerprint density at radius 3 is 2.56 bits per heavy atom. The summed E-state index contributed by atoms with van der Waals surface area (Å²) in [6.07, 6.45) is 2.40. The van der Waals surface area contributed by atoms with Gasteiger partial charge in [-0.3, -0.25) is 4.72 Å². The number of thiophene rings is 1. The lowest BCUT2D eigenvalue weighted by molar-refractivity contribution is 0.0703. The van der Waals surface area contributed by atoms with Crippen molar-refractivity contribution < 1.29 is 18.3 Å². The lowest BCUT2D eigenvalue weighted by Gasteiger charge is -2.13. The number of sulfonamides is 1. The third kappa shape index (κ3) is 4.34. The molecule has 0 fully saturated rings. The van der Waals surface area contributed by atoms with E-state index >= 15 is 0 Å². The molecule has 0 saturated carbocycles. The summed E-state index contributed by atoms with van der Waals surface area (Å²) < 4.78 is 28.2. The normalized spacial score (nSPS) is 11.5. The van der Waals surface area contributed by atoms with Gasteiger partial charge in [-0.2, -0.15) is 0 Å². The standard InChI is InChI=1S/C17H20ClNO4S2/c1-4-5-6-12-9-24-16(17(20)21)15(12)19-25(22,23)14-8-10(2)13(18)7-11(14)3/h7-9,19H,4-6H2,1-3H3,(H,20,21). The van der Waals surface area contributed by atoms with E-state index in [-0.39, 0.29) is 15.5 Å². The topological polar surface area (TPSA) is 83.5 Å². The number of nitrogens with one attached hydrogen (secondary N) is 1. The van der Waals surface area contributed by atoms with Gasteiger partial charge in [-0.05, 0) is 60.9 Å². The van der Waals surface area contributed by atoms with E-state index in [2.05, 4.69) is 4.72 Å². The van der Waals surface area contributed by atoms with Gasteiger partial charge in [-0.15, -0.1) is 11.3 Å². The van der Waals surface area contributed by atoms with Gasteiger partial charge in [0, 0.05) is 5.02 Å². The molecule has 0 amide bonds. The molecule has 0 aliphatic carbocycles. The van der Waals surface area contributed by atoms with Gasteiger partial charge >= 0.3 is 5.97 Å². The number of benzene rings is 1. The molecule has 1 aromatic heterocycles. The van der Waals surface area contributed by atoms with Crippen LogP contribution >= 0.6 is 22.9 Å². The maximum absolute atomic E-state index is 12.8. The smallest absolute Gasteiger partial charge is 0.348 e. The van der Waals surface area contributed by atoms with Crippen LogP contribution in [-0.4, -0.2) is 19.5 Å². The Morgan fingerprint density at radius 1 is 1.28 bits per heavy atom. The van der Waals surface area contributed by atoms with Gasteiger partial charge < -0.3 is 5.11 Å². The van der Waals surface area contributed by atoms with Crippen LogP contribution in [0.1, 0.15) is 46.1 Å². The molecule has 8 heteroatoms. The Balaban J connectivity index is 2.49. The number of anilines is 1. The second-order valence-corrected chi connectivity index (χ2v) is 8.78. The first-order valence-corrected chi connectivity index (χ1v) is 10.5. The Labute approximate surface area is 156 Å². The fourth-order valence-corrected chi connectivity index (χ4v) is 5.05. The van der Waals surface area contributed by atoms with Crippen LogP contribution in [-0.2, 0) is 16.4 Å². The zero-order chi connectivity index (χ0) is 18.8. The van der Waals surface area contributed by atoms with E-state index in [0.717, 1.165) is 24.2 Å². The first-order valence-electron chi connectivity index (χ1n) is 7.80. The predicted molar refractivity (Wildman–Crippen MR) is 102 cm³/mol. The molecule has 136 valence electrons. The molecular weight excluding hydrogens is 382 g/mol. The van der Waals surface area contributed by atoms with Crippen LogP contribution in [0.3, 0.4) is 0 Å². The molecule has 0 aliphatic rings. The summed E-state index contributed by atoms with van der Waals surface area (Å²) in [5.41, 5.74) is 2.02. The predicted octanol–water partition coefficient (Wildman–Crippen LogP) is 4.86. The van der Waals surface area contributed by atoms with Gasteiger partial charge in [-0.1, -0.05) is 24.9 Å². The Hall–Kier alpha value is -1.57. The molecule has 1 aromatic carbocycles. The van der Waals surface area contributed by atoms with Crippen molar-refractivity contribution in [2.24, 2.45) is 0 Å². The molecule has 0 radical (unpaired) electrons. The minimum atomic E-state index is -3.92. The summed E-state index contributed by atoms with van der Waals surface area (Å²) in [4.78, 5) is 11.5. The van der Waals surface area contributed by atoms with E-state index in [1.165, 1.54) is 6.07 Å². The van der Waals surface area contributed by atoms with E-state index in [1.807, 2.05) is 6.92 Å². The number of carbonyl (C=O) groups is 1. The molecular formula is C17H20ClNO4S2. The van der Waals surface area contributed by atoms with Gasteiger partial charge in [0.25, 0.3) is 10.0 Å². The number of carboxylic acids is 1. The van der Waals surface area contributed by atoms with Gasteiger partial charge in [0.1, 0.15) is 4.88 Å². The lowest BCUT2D eigenvalue weighted by Crippen LogP contribution is -2.17. The largest absolute Gasteiger partial charge is 0.477 e. The van der Waals surface area contributed by atoms with Gasteiger partial charge in [0.2, 0.25) is 0 Å².